The van der Waals surface area contributed by atoms with Crippen molar-refractivity contribution in [3.05, 3.63) is 52.2 Å². The van der Waals surface area contributed by atoms with E-state index in [0.717, 1.165) is 6.07 Å². The van der Waals surface area contributed by atoms with E-state index < -0.39 is 17.8 Å². The lowest BCUT2D eigenvalue weighted by atomic mass is 10.1. The number of rotatable bonds is 3. The second kappa shape index (κ2) is 5.84. The molecule has 0 saturated carbocycles. The van der Waals surface area contributed by atoms with E-state index in [1.165, 1.54) is 0 Å². The van der Waals surface area contributed by atoms with Gasteiger partial charge in [0.15, 0.2) is 0 Å². The number of halogens is 4. The minimum atomic E-state index is -4.63. The molecule has 0 spiro atoms. The highest BCUT2D eigenvalue weighted by molar-refractivity contribution is 6.31. The van der Waals surface area contributed by atoms with Crippen molar-refractivity contribution in [3.63, 3.8) is 0 Å². The maximum absolute atomic E-state index is 12.8. The SMILES string of the molecule is Cc1c(Cl)cccc1Nc1nc(C(F)(F)F)ccc1C(N)=O. The molecule has 2 aromatic rings. The van der Waals surface area contributed by atoms with Gasteiger partial charge in [0.1, 0.15) is 11.5 Å². The highest BCUT2D eigenvalue weighted by Gasteiger charge is 2.33. The van der Waals surface area contributed by atoms with Gasteiger partial charge in [0.25, 0.3) is 5.91 Å². The molecule has 0 fully saturated rings. The third-order valence-corrected chi connectivity index (χ3v) is 3.38. The molecule has 0 saturated heterocycles. The Balaban J connectivity index is 2.52. The van der Waals surface area contributed by atoms with Crippen LogP contribution in [0.1, 0.15) is 21.6 Å². The third kappa shape index (κ3) is 3.30. The van der Waals surface area contributed by atoms with Crippen molar-refractivity contribution in [3.8, 4) is 0 Å². The van der Waals surface area contributed by atoms with Crippen LogP contribution in [0.3, 0.4) is 0 Å². The number of aromatic nitrogens is 1. The van der Waals surface area contributed by atoms with Crippen molar-refractivity contribution in [2.24, 2.45) is 5.73 Å². The molecule has 1 aromatic carbocycles. The first-order valence-corrected chi connectivity index (χ1v) is 6.48. The Morgan fingerprint density at radius 2 is 1.95 bits per heavy atom. The number of alkyl halides is 3. The summed E-state index contributed by atoms with van der Waals surface area (Å²) in [6.45, 7) is 1.68. The molecule has 8 heteroatoms. The summed E-state index contributed by atoms with van der Waals surface area (Å²) in [5, 5.41) is 3.11. The van der Waals surface area contributed by atoms with E-state index in [2.05, 4.69) is 10.3 Å². The van der Waals surface area contributed by atoms with Crippen molar-refractivity contribution in [1.82, 2.24) is 4.98 Å². The molecule has 4 nitrogen and oxygen atoms in total. The Kier molecular flexibility index (Phi) is 4.27. The van der Waals surface area contributed by atoms with Gasteiger partial charge in [-0.2, -0.15) is 13.2 Å². The number of primary amides is 1. The first-order chi connectivity index (χ1) is 10.2. The minimum Gasteiger partial charge on any atom is -0.365 e. The maximum Gasteiger partial charge on any atom is 0.433 e. The number of anilines is 2. The summed E-state index contributed by atoms with van der Waals surface area (Å²) >= 11 is 5.95. The van der Waals surface area contributed by atoms with E-state index in [0.29, 0.717) is 22.3 Å². The van der Waals surface area contributed by atoms with Crippen molar-refractivity contribution < 1.29 is 18.0 Å². The van der Waals surface area contributed by atoms with Crippen LogP contribution in [0.2, 0.25) is 5.02 Å². The van der Waals surface area contributed by atoms with Gasteiger partial charge < -0.3 is 11.1 Å². The zero-order valence-corrected chi connectivity index (χ0v) is 12.1. The van der Waals surface area contributed by atoms with Crippen LogP contribution in [-0.2, 0) is 6.18 Å². The number of benzene rings is 1. The monoisotopic (exact) mass is 329 g/mol. The quantitative estimate of drug-likeness (QED) is 0.897. The zero-order chi connectivity index (χ0) is 16.5. The smallest absolute Gasteiger partial charge is 0.365 e. The summed E-state index contributed by atoms with van der Waals surface area (Å²) in [7, 11) is 0. The van der Waals surface area contributed by atoms with E-state index in [1.54, 1.807) is 25.1 Å². The fourth-order valence-electron chi connectivity index (χ4n) is 1.78. The largest absolute Gasteiger partial charge is 0.433 e. The van der Waals surface area contributed by atoms with E-state index in [4.69, 9.17) is 17.3 Å². The van der Waals surface area contributed by atoms with Crippen molar-refractivity contribution >= 4 is 29.0 Å². The van der Waals surface area contributed by atoms with E-state index in [1.807, 2.05) is 0 Å². The number of amides is 1. The molecule has 0 unspecified atom stereocenters. The van der Waals surface area contributed by atoms with Crippen molar-refractivity contribution in [1.29, 1.82) is 0 Å². The Morgan fingerprint density at radius 3 is 2.55 bits per heavy atom. The lowest BCUT2D eigenvalue weighted by Crippen LogP contribution is -2.17. The molecular weight excluding hydrogens is 319 g/mol. The van der Waals surface area contributed by atoms with Crippen LogP contribution in [0.5, 0.6) is 0 Å². The Labute approximate surface area is 129 Å². The lowest BCUT2D eigenvalue weighted by molar-refractivity contribution is -0.141. The van der Waals surface area contributed by atoms with Gasteiger partial charge in [-0.05, 0) is 36.8 Å². The summed E-state index contributed by atoms with van der Waals surface area (Å²) in [5.41, 5.74) is 4.94. The predicted octanol–water partition coefficient (Wildman–Crippen LogP) is 3.90. The number of carbonyl (C=O) groups excluding carboxylic acids is 1. The Hall–Kier alpha value is -2.28. The first-order valence-electron chi connectivity index (χ1n) is 6.10. The summed E-state index contributed by atoms with van der Waals surface area (Å²) in [6, 6.07) is 6.55. The van der Waals surface area contributed by atoms with Crippen LogP contribution in [0.25, 0.3) is 0 Å². The van der Waals surface area contributed by atoms with Gasteiger partial charge in [-0.25, -0.2) is 4.98 Å². The fraction of sp³-hybridized carbons (Fsp3) is 0.143. The molecule has 0 atom stereocenters. The van der Waals surface area contributed by atoms with Crippen molar-refractivity contribution in [2.75, 3.05) is 5.32 Å². The van der Waals surface area contributed by atoms with E-state index in [9.17, 15) is 18.0 Å². The summed E-state index contributed by atoms with van der Waals surface area (Å²) < 4.78 is 38.3. The molecule has 1 amide bonds. The topological polar surface area (TPSA) is 68.0 Å². The predicted molar refractivity (Wildman–Crippen MR) is 77.2 cm³/mol. The summed E-state index contributed by atoms with van der Waals surface area (Å²) in [6.07, 6.45) is -4.63. The number of nitrogens with zero attached hydrogens (tertiary/aromatic N) is 1. The normalized spacial score (nSPS) is 11.3. The molecule has 0 bridgehead atoms. The van der Waals surface area contributed by atoms with Gasteiger partial charge in [-0.15, -0.1) is 0 Å². The molecule has 1 aromatic heterocycles. The molecular formula is C14H11ClF3N3O. The zero-order valence-electron chi connectivity index (χ0n) is 11.3. The van der Waals surface area contributed by atoms with Gasteiger partial charge in [-0.3, -0.25) is 4.79 Å². The van der Waals surface area contributed by atoms with Crippen LogP contribution < -0.4 is 11.1 Å². The van der Waals surface area contributed by atoms with E-state index in [-0.39, 0.29) is 11.4 Å². The molecule has 116 valence electrons. The fourth-order valence-corrected chi connectivity index (χ4v) is 1.96. The minimum absolute atomic E-state index is 0.146. The first kappa shape index (κ1) is 16.1. The number of nitrogens with two attached hydrogens (primary N) is 1. The molecule has 0 aliphatic rings. The summed E-state index contributed by atoms with van der Waals surface area (Å²) in [4.78, 5) is 14.8. The average Bonchev–Trinajstić information content (AvgIpc) is 2.42. The molecule has 2 rings (SSSR count). The van der Waals surface area contributed by atoms with Crippen LogP contribution >= 0.6 is 11.6 Å². The van der Waals surface area contributed by atoms with Gasteiger partial charge in [0, 0.05) is 10.7 Å². The molecule has 0 aliphatic heterocycles. The van der Waals surface area contributed by atoms with Crippen LogP contribution in [-0.4, -0.2) is 10.9 Å². The summed E-state index contributed by atoms with van der Waals surface area (Å²) in [5.74, 6) is -1.16. The highest BCUT2D eigenvalue weighted by Crippen LogP contribution is 2.31. The highest BCUT2D eigenvalue weighted by atomic mass is 35.5. The number of hydrogen-bond donors (Lipinski definition) is 2. The van der Waals surface area contributed by atoms with Gasteiger partial charge >= 0.3 is 6.18 Å². The molecule has 0 radical (unpaired) electrons. The number of hydrogen-bond acceptors (Lipinski definition) is 3. The van der Waals surface area contributed by atoms with Crippen LogP contribution in [0.4, 0.5) is 24.7 Å². The second-order valence-corrected chi connectivity index (χ2v) is 4.90. The van der Waals surface area contributed by atoms with E-state index >= 15 is 0 Å². The maximum atomic E-state index is 12.8. The van der Waals surface area contributed by atoms with Crippen molar-refractivity contribution in [2.45, 2.75) is 13.1 Å². The van der Waals surface area contributed by atoms with Gasteiger partial charge in [0.05, 0.1) is 5.56 Å². The van der Waals surface area contributed by atoms with Gasteiger partial charge in [0.2, 0.25) is 0 Å². The Morgan fingerprint density at radius 1 is 1.27 bits per heavy atom. The lowest BCUT2D eigenvalue weighted by Gasteiger charge is -2.14. The number of pyridine rings is 1. The molecule has 0 aliphatic carbocycles. The average molecular weight is 330 g/mol. The second-order valence-electron chi connectivity index (χ2n) is 4.49. The standard InChI is InChI=1S/C14H11ClF3N3O/c1-7-9(15)3-2-4-10(7)20-13-8(12(19)22)5-6-11(21-13)14(16,17)18/h2-6H,1H3,(H2,19,22)(H,20,21). The Bertz CT molecular complexity index is 732. The van der Waals surface area contributed by atoms with Gasteiger partial charge in [-0.1, -0.05) is 17.7 Å². The van der Waals surface area contributed by atoms with Crippen LogP contribution in [0.15, 0.2) is 30.3 Å². The molecule has 3 N–H and O–H groups in total. The number of carbonyl (C=O) groups is 1. The van der Waals surface area contributed by atoms with Crippen LogP contribution in [0, 0.1) is 6.92 Å². The molecule has 22 heavy (non-hydrogen) atoms. The number of nitrogens with one attached hydrogen (secondary N) is 1. The molecule has 1 heterocycles. The third-order valence-electron chi connectivity index (χ3n) is 2.97.